The van der Waals surface area contributed by atoms with Crippen LogP contribution in [0.5, 0.6) is 0 Å². The normalized spacial score (nSPS) is 28.1. The Balaban J connectivity index is 0. The standard InChI is InChI=1S/C12H23N.C11H21N.C8H13N.3C2H6.CH4/c1-12(2,3)11-8-10-4-6-13(9-11)7-5-10;1-11(2,3)10-6-9-4-5-12(7-9)8-10;1-8(2,3)9-6-4-5-7-9;3*1-2;/h10-11H,4-9H2,1-3H3;9-10H,4-8H2,1-3H3;4-7H,1-3H3;3*1-2H3;1H4. The maximum Gasteiger partial charge on any atom is 0.0355 e. The lowest BCUT2D eigenvalue weighted by Crippen LogP contribution is -2.39. The molecule has 41 heavy (non-hydrogen) atoms. The smallest absolute Gasteiger partial charge is 0.0355 e. The minimum absolute atomic E-state index is 0. The fourth-order valence-electron chi connectivity index (χ4n) is 6.29. The monoisotopic (exact) mass is 578 g/mol. The van der Waals surface area contributed by atoms with Gasteiger partial charge in [0, 0.05) is 37.6 Å². The minimum Gasteiger partial charge on any atom is -0.349 e. The zero-order chi connectivity index (χ0) is 31.1. The van der Waals surface area contributed by atoms with Crippen LogP contribution in [0.2, 0.25) is 0 Å². The van der Waals surface area contributed by atoms with Crippen LogP contribution < -0.4 is 0 Å². The number of fused-ring (bicyclic) bond motifs is 6. The summed E-state index contributed by atoms with van der Waals surface area (Å²) in [5.74, 6) is 3.95. The number of nitrogens with zero attached hydrogens (tertiary/aromatic N) is 3. The molecule has 4 atom stereocenters. The molecule has 3 nitrogen and oxygen atoms in total. The van der Waals surface area contributed by atoms with Crippen molar-refractivity contribution in [2.75, 3.05) is 39.3 Å². The van der Waals surface area contributed by atoms with Crippen LogP contribution in [0.25, 0.3) is 0 Å². The maximum atomic E-state index is 2.68. The van der Waals surface area contributed by atoms with E-state index in [0.29, 0.717) is 10.8 Å². The van der Waals surface area contributed by atoms with Gasteiger partial charge >= 0.3 is 0 Å². The molecule has 4 unspecified atom stereocenters. The van der Waals surface area contributed by atoms with Crippen LogP contribution in [0.15, 0.2) is 24.5 Å². The summed E-state index contributed by atoms with van der Waals surface area (Å²) < 4.78 is 2.19. The zero-order valence-corrected chi connectivity index (χ0v) is 30.2. The first-order valence-electron chi connectivity index (χ1n) is 17.3. The molecule has 0 spiro atoms. The second-order valence-electron chi connectivity index (χ2n) is 15.0. The van der Waals surface area contributed by atoms with Crippen molar-refractivity contribution in [2.45, 2.75) is 149 Å². The summed E-state index contributed by atoms with van der Waals surface area (Å²) in [4.78, 5) is 5.34. The van der Waals surface area contributed by atoms with Gasteiger partial charge in [-0.25, -0.2) is 0 Å². The largest absolute Gasteiger partial charge is 0.349 e. The van der Waals surface area contributed by atoms with Gasteiger partial charge in [0.2, 0.25) is 0 Å². The van der Waals surface area contributed by atoms with Gasteiger partial charge in [0.1, 0.15) is 0 Å². The predicted octanol–water partition coefficient (Wildman–Crippen LogP) is 11.1. The summed E-state index contributed by atoms with van der Waals surface area (Å²) in [6, 6.07) is 4.09. The van der Waals surface area contributed by atoms with Crippen LogP contribution in [-0.4, -0.2) is 53.6 Å². The van der Waals surface area contributed by atoms with Gasteiger partial charge in [-0.05, 0) is 119 Å². The lowest BCUT2D eigenvalue weighted by molar-refractivity contribution is 0.111. The van der Waals surface area contributed by atoms with Crippen molar-refractivity contribution in [2.24, 2.45) is 34.5 Å². The van der Waals surface area contributed by atoms with Crippen LogP contribution in [0, 0.1) is 34.5 Å². The molecular formula is C38H79N3. The molecule has 0 aliphatic carbocycles. The van der Waals surface area contributed by atoms with Crippen molar-refractivity contribution >= 4 is 0 Å². The molecule has 246 valence electrons. The first-order valence-corrected chi connectivity index (χ1v) is 17.3. The van der Waals surface area contributed by atoms with E-state index in [0.717, 1.165) is 23.7 Å². The van der Waals surface area contributed by atoms with Gasteiger partial charge in [-0.3, -0.25) is 0 Å². The van der Waals surface area contributed by atoms with E-state index in [4.69, 9.17) is 0 Å². The molecule has 6 heterocycles. The van der Waals surface area contributed by atoms with Crippen molar-refractivity contribution in [1.82, 2.24) is 14.4 Å². The summed E-state index contributed by atoms with van der Waals surface area (Å²) in [5, 5.41) is 0. The molecule has 3 heteroatoms. The summed E-state index contributed by atoms with van der Waals surface area (Å²) in [5.41, 5.74) is 1.29. The van der Waals surface area contributed by atoms with Gasteiger partial charge in [-0.15, -0.1) is 0 Å². The molecule has 5 saturated heterocycles. The van der Waals surface area contributed by atoms with Gasteiger partial charge in [-0.1, -0.05) is 90.5 Å². The molecule has 0 saturated carbocycles. The van der Waals surface area contributed by atoms with Gasteiger partial charge in [-0.2, -0.15) is 0 Å². The molecule has 4 bridgehead atoms. The third-order valence-corrected chi connectivity index (χ3v) is 9.10. The van der Waals surface area contributed by atoms with E-state index >= 15 is 0 Å². The van der Waals surface area contributed by atoms with Crippen LogP contribution in [0.1, 0.15) is 143 Å². The Hall–Kier alpha value is -0.800. The molecule has 1 aromatic rings. The molecule has 6 rings (SSSR count). The summed E-state index contributed by atoms with van der Waals surface area (Å²) in [7, 11) is 0. The van der Waals surface area contributed by atoms with E-state index < -0.39 is 0 Å². The van der Waals surface area contributed by atoms with Gasteiger partial charge in [0.05, 0.1) is 0 Å². The van der Waals surface area contributed by atoms with Crippen molar-refractivity contribution in [3.63, 3.8) is 0 Å². The molecule has 5 aliphatic rings. The Morgan fingerprint density at radius 3 is 1.24 bits per heavy atom. The molecule has 5 aliphatic heterocycles. The van der Waals surface area contributed by atoms with Gasteiger partial charge < -0.3 is 14.4 Å². The molecular weight excluding hydrogens is 498 g/mol. The van der Waals surface area contributed by atoms with E-state index in [1.54, 1.807) is 0 Å². The molecule has 0 amide bonds. The molecule has 0 aromatic carbocycles. The highest BCUT2D eigenvalue weighted by Gasteiger charge is 2.37. The molecule has 0 N–H and O–H groups in total. The first kappa shape index (κ1) is 42.3. The number of rotatable bonds is 0. The van der Waals surface area contributed by atoms with E-state index in [2.05, 4.69) is 89.1 Å². The SMILES string of the molecule is C.CC.CC.CC.CC(C)(C)C1CC2CCN(C2)C1.CC(C)(C)C1CC2CCN(CC2)C1.CC(C)(C)n1cccc1. The Labute approximate surface area is 261 Å². The molecule has 5 fully saturated rings. The molecule has 1 aromatic heterocycles. The Morgan fingerprint density at radius 2 is 0.878 bits per heavy atom. The fourth-order valence-corrected chi connectivity index (χ4v) is 6.29. The highest BCUT2D eigenvalue weighted by molar-refractivity contribution is 4.94. The topological polar surface area (TPSA) is 11.4 Å². The van der Waals surface area contributed by atoms with E-state index in [1.165, 1.54) is 71.4 Å². The second kappa shape index (κ2) is 20.2. The Morgan fingerprint density at radius 1 is 0.512 bits per heavy atom. The highest BCUT2D eigenvalue weighted by atomic mass is 15.2. The van der Waals surface area contributed by atoms with Gasteiger partial charge in [0.25, 0.3) is 0 Å². The van der Waals surface area contributed by atoms with Crippen molar-refractivity contribution in [3.05, 3.63) is 24.5 Å². The quantitative estimate of drug-likeness (QED) is 0.304. The summed E-state index contributed by atoms with van der Waals surface area (Å²) in [6.07, 6.45) is 11.5. The minimum atomic E-state index is 0. The third kappa shape index (κ3) is 15.5. The lowest BCUT2D eigenvalue weighted by atomic mass is 9.74. The van der Waals surface area contributed by atoms with Crippen LogP contribution in [0.3, 0.4) is 0 Å². The van der Waals surface area contributed by atoms with Crippen LogP contribution in [0.4, 0.5) is 0 Å². The average Bonchev–Trinajstić information content (AvgIpc) is 3.46. The first-order chi connectivity index (χ1) is 18.7. The van der Waals surface area contributed by atoms with Crippen molar-refractivity contribution in [3.8, 4) is 0 Å². The van der Waals surface area contributed by atoms with Crippen LogP contribution >= 0.6 is 0 Å². The third-order valence-electron chi connectivity index (χ3n) is 9.10. The molecule has 0 radical (unpaired) electrons. The highest BCUT2D eigenvalue weighted by Crippen LogP contribution is 2.40. The van der Waals surface area contributed by atoms with E-state index in [-0.39, 0.29) is 13.0 Å². The van der Waals surface area contributed by atoms with Crippen molar-refractivity contribution in [1.29, 1.82) is 0 Å². The Kier molecular flexibility index (Phi) is 20.9. The fraction of sp³-hybridized carbons (Fsp3) is 0.895. The van der Waals surface area contributed by atoms with E-state index in [1.807, 2.05) is 53.7 Å². The Bertz CT molecular complexity index is 682. The van der Waals surface area contributed by atoms with E-state index in [9.17, 15) is 0 Å². The number of piperidine rings is 2. The second-order valence-corrected chi connectivity index (χ2v) is 15.0. The van der Waals surface area contributed by atoms with Gasteiger partial charge in [0.15, 0.2) is 0 Å². The number of aromatic nitrogens is 1. The predicted molar refractivity (Wildman–Crippen MR) is 189 cm³/mol. The van der Waals surface area contributed by atoms with Crippen LogP contribution in [-0.2, 0) is 5.54 Å². The van der Waals surface area contributed by atoms with Crippen molar-refractivity contribution < 1.29 is 0 Å². The zero-order valence-electron chi connectivity index (χ0n) is 30.2. The summed E-state index contributed by atoms with van der Waals surface area (Å²) in [6.45, 7) is 41.2. The number of hydrogen-bond acceptors (Lipinski definition) is 2. The number of hydrogen-bond donors (Lipinski definition) is 0. The average molecular weight is 578 g/mol. The lowest BCUT2D eigenvalue weighted by Gasteiger charge is -2.38. The maximum absolute atomic E-state index is 2.68. The summed E-state index contributed by atoms with van der Waals surface area (Å²) >= 11 is 0.